The van der Waals surface area contributed by atoms with E-state index in [4.69, 9.17) is 9.47 Å². The van der Waals surface area contributed by atoms with Crippen molar-refractivity contribution in [1.29, 1.82) is 0 Å². The van der Waals surface area contributed by atoms with Gasteiger partial charge in [-0.1, -0.05) is 28.1 Å². The van der Waals surface area contributed by atoms with Crippen LogP contribution in [0, 0.1) is 6.92 Å². The number of benzene rings is 2. The van der Waals surface area contributed by atoms with E-state index in [0.29, 0.717) is 0 Å². The highest BCUT2D eigenvalue weighted by Crippen LogP contribution is 2.33. The molecule has 2 rings (SSSR count). The molecule has 106 valence electrons. The van der Waals surface area contributed by atoms with Crippen LogP contribution in [0.5, 0.6) is 17.2 Å². The Hall–Kier alpha value is -1.52. The molecule has 0 unspecified atom stereocenters. The van der Waals surface area contributed by atoms with E-state index in [1.165, 1.54) is 0 Å². The molecule has 0 saturated carbocycles. The first kappa shape index (κ1) is 14.9. The molecule has 0 aliphatic carbocycles. The number of ether oxygens (including phenoxy) is 2. The molecule has 0 atom stereocenters. The minimum atomic E-state index is 0.756. The van der Waals surface area contributed by atoms with Gasteiger partial charge in [-0.05, 0) is 38.2 Å². The second kappa shape index (κ2) is 6.77. The number of methoxy groups -OCH3 is 1. The molecule has 0 aliphatic heterocycles. The van der Waals surface area contributed by atoms with Crippen molar-refractivity contribution in [2.24, 2.45) is 0 Å². The standard InChI is InChI=1S/C16H18BrNO2/c1-11-14(19-3)5-4-6-15(11)20-16-9-13(17)8-7-12(16)10-18-2/h4-9,18H,10H2,1-3H3. The predicted octanol–water partition coefficient (Wildman–Crippen LogP) is 4.28. The normalized spacial score (nSPS) is 10.4. The summed E-state index contributed by atoms with van der Waals surface area (Å²) in [5, 5.41) is 3.15. The number of rotatable bonds is 5. The molecule has 1 N–H and O–H groups in total. The summed E-state index contributed by atoms with van der Waals surface area (Å²) in [5.74, 6) is 2.47. The highest BCUT2D eigenvalue weighted by Gasteiger charge is 2.10. The Bertz CT molecular complexity index is 599. The molecule has 0 heterocycles. The van der Waals surface area contributed by atoms with Crippen molar-refractivity contribution in [3.63, 3.8) is 0 Å². The Balaban J connectivity index is 2.36. The first-order valence-electron chi connectivity index (χ1n) is 6.40. The molecular weight excluding hydrogens is 318 g/mol. The Morgan fingerprint density at radius 1 is 1.10 bits per heavy atom. The van der Waals surface area contributed by atoms with Crippen LogP contribution in [-0.4, -0.2) is 14.2 Å². The highest BCUT2D eigenvalue weighted by atomic mass is 79.9. The maximum absolute atomic E-state index is 6.07. The lowest BCUT2D eigenvalue weighted by Crippen LogP contribution is -2.06. The molecule has 0 aromatic heterocycles. The number of hydrogen-bond donors (Lipinski definition) is 1. The molecule has 4 heteroatoms. The average Bonchev–Trinajstić information content (AvgIpc) is 2.44. The molecule has 0 aliphatic rings. The van der Waals surface area contributed by atoms with E-state index in [1.54, 1.807) is 7.11 Å². The van der Waals surface area contributed by atoms with Crippen LogP contribution in [0.2, 0.25) is 0 Å². The van der Waals surface area contributed by atoms with Gasteiger partial charge in [0.05, 0.1) is 7.11 Å². The fourth-order valence-electron chi connectivity index (χ4n) is 2.00. The fraction of sp³-hybridized carbons (Fsp3) is 0.250. The summed E-state index contributed by atoms with van der Waals surface area (Å²) in [5.41, 5.74) is 2.10. The van der Waals surface area contributed by atoms with E-state index in [1.807, 2.05) is 50.4 Å². The Kier molecular flexibility index (Phi) is 5.04. The Morgan fingerprint density at radius 2 is 1.85 bits per heavy atom. The number of hydrogen-bond acceptors (Lipinski definition) is 3. The third kappa shape index (κ3) is 3.32. The Labute approximate surface area is 128 Å². The van der Waals surface area contributed by atoms with Gasteiger partial charge in [0.15, 0.2) is 0 Å². The van der Waals surface area contributed by atoms with E-state index in [0.717, 1.165) is 39.4 Å². The molecule has 0 saturated heterocycles. The zero-order valence-electron chi connectivity index (χ0n) is 11.9. The molecule has 0 bridgehead atoms. The van der Waals surface area contributed by atoms with E-state index in [9.17, 15) is 0 Å². The summed E-state index contributed by atoms with van der Waals surface area (Å²) < 4.78 is 12.4. The van der Waals surface area contributed by atoms with Gasteiger partial charge < -0.3 is 14.8 Å². The second-order valence-corrected chi connectivity index (χ2v) is 5.38. The van der Waals surface area contributed by atoms with Gasteiger partial charge in [0.2, 0.25) is 0 Å². The van der Waals surface area contributed by atoms with Gasteiger partial charge in [-0.15, -0.1) is 0 Å². The van der Waals surface area contributed by atoms with Gasteiger partial charge in [-0.3, -0.25) is 0 Å². The maximum Gasteiger partial charge on any atom is 0.134 e. The number of nitrogens with one attached hydrogen (secondary N) is 1. The Morgan fingerprint density at radius 3 is 2.55 bits per heavy atom. The third-order valence-electron chi connectivity index (χ3n) is 3.07. The molecule has 2 aromatic rings. The lowest BCUT2D eigenvalue weighted by atomic mass is 10.1. The quantitative estimate of drug-likeness (QED) is 0.884. The van der Waals surface area contributed by atoms with Crippen LogP contribution in [0.25, 0.3) is 0 Å². The monoisotopic (exact) mass is 335 g/mol. The van der Waals surface area contributed by atoms with Crippen LogP contribution in [-0.2, 0) is 6.54 Å². The van der Waals surface area contributed by atoms with Gasteiger partial charge in [-0.25, -0.2) is 0 Å². The SMILES string of the molecule is CNCc1ccc(Br)cc1Oc1cccc(OC)c1C. The van der Waals surface area contributed by atoms with Gasteiger partial charge in [0.1, 0.15) is 17.2 Å². The maximum atomic E-state index is 6.07. The van der Waals surface area contributed by atoms with Crippen LogP contribution in [0.15, 0.2) is 40.9 Å². The van der Waals surface area contributed by atoms with Gasteiger partial charge in [0.25, 0.3) is 0 Å². The molecule has 3 nitrogen and oxygen atoms in total. The van der Waals surface area contributed by atoms with E-state index in [-0.39, 0.29) is 0 Å². The van der Waals surface area contributed by atoms with Crippen LogP contribution >= 0.6 is 15.9 Å². The van der Waals surface area contributed by atoms with Crippen molar-refractivity contribution >= 4 is 15.9 Å². The molecule has 0 spiro atoms. The molecule has 20 heavy (non-hydrogen) atoms. The van der Waals surface area contributed by atoms with Crippen molar-refractivity contribution in [2.45, 2.75) is 13.5 Å². The smallest absolute Gasteiger partial charge is 0.134 e. The molecule has 2 aromatic carbocycles. The lowest BCUT2D eigenvalue weighted by Gasteiger charge is -2.15. The first-order chi connectivity index (χ1) is 9.65. The highest BCUT2D eigenvalue weighted by molar-refractivity contribution is 9.10. The van der Waals surface area contributed by atoms with Gasteiger partial charge in [-0.2, -0.15) is 0 Å². The van der Waals surface area contributed by atoms with Crippen LogP contribution in [0.4, 0.5) is 0 Å². The van der Waals surface area contributed by atoms with E-state index >= 15 is 0 Å². The van der Waals surface area contributed by atoms with E-state index < -0.39 is 0 Å². The topological polar surface area (TPSA) is 30.5 Å². The van der Waals surface area contributed by atoms with Crippen LogP contribution < -0.4 is 14.8 Å². The van der Waals surface area contributed by atoms with Crippen molar-refractivity contribution < 1.29 is 9.47 Å². The molecule has 0 amide bonds. The summed E-state index contributed by atoms with van der Waals surface area (Å²) >= 11 is 3.48. The number of halogens is 1. The van der Waals surface area contributed by atoms with Crippen molar-refractivity contribution in [3.8, 4) is 17.2 Å². The molecular formula is C16H18BrNO2. The predicted molar refractivity (Wildman–Crippen MR) is 84.7 cm³/mol. The van der Waals surface area contributed by atoms with Gasteiger partial charge >= 0.3 is 0 Å². The van der Waals surface area contributed by atoms with Crippen molar-refractivity contribution in [2.75, 3.05) is 14.2 Å². The van der Waals surface area contributed by atoms with Crippen molar-refractivity contribution in [3.05, 3.63) is 52.0 Å². The summed E-state index contributed by atoms with van der Waals surface area (Å²) in [6.07, 6.45) is 0. The first-order valence-corrected chi connectivity index (χ1v) is 7.19. The summed E-state index contributed by atoms with van der Waals surface area (Å²) in [4.78, 5) is 0. The minimum absolute atomic E-state index is 0.756. The summed E-state index contributed by atoms with van der Waals surface area (Å²) in [6, 6.07) is 11.8. The zero-order chi connectivity index (χ0) is 14.5. The summed E-state index contributed by atoms with van der Waals surface area (Å²) in [7, 11) is 3.58. The minimum Gasteiger partial charge on any atom is -0.496 e. The second-order valence-electron chi connectivity index (χ2n) is 4.47. The largest absolute Gasteiger partial charge is 0.496 e. The zero-order valence-corrected chi connectivity index (χ0v) is 13.5. The lowest BCUT2D eigenvalue weighted by molar-refractivity contribution is 0.404. The fourth-order valence-corrected chi connectivity index (χ4v) is 2.34. The average molecular weight is 336 g/mol. The van der Waals surface area contributed by atoms with E-state index in [2.05, 4.69) is 21.2 Å². The van der Waals surface area contributed by atoms with Crippen LogP contribution in [0.3, 0.4) is 0 Å². The molecule has 0 radical (unpaired) electrons. The van der Waals surface area contributed by atoms with Crippen molar-refractivity contribution in [1.82, 2.24) is 5.32 Å². The third-order valence-corrected chi connectivity index (χ3v) is 3.56. The molecule has 0 fully saturated rings. The van der Waals surface area contributed by atoms with Gasteiger partial charge in [0, 0.05) is 22.1 Å². The summed E-state index contributed by atoms with van der Waals surface area (Å²) in [6.45, 7) is 2.75. The van der Waals surface area contributed by atoms with Crippen LogP contribution in [0.1, 0.15) is 11.1 Å².